The smallest absolute Gasteiger partial charge is 0.148 e. The van der Waals surface area contributed by atoms with Gasteiger partial charge in [-0.05, 0) is 37.6 Å². The summed E-state index contributed by atoms with van der Waals surface area (Å²) in [6.45, 7) is 2.25. The maximum Gasteiger partial charge on any atom is 0.148 e. The molecule has 1 aliphatic rings. The van der Waals surface area contributed by atoms with E-state index in [4.69, 9.17) is 0 Å². The molecule has 1 atom stereocenters. The molecule has 0 bridgehead atoms. The highest BCUT2D eigenvalue weighted by atomic mass is 32.2. The lowest BCUT2D eigenvalue weighted by atomic mass is 10.0. The predicted octanol–water partition coefficient (Wildman–Crippen LogP) is 0.764. The second-order valence-electron chi connectivity index (χ2n) is 3.92. The molecular weight excluding hydrogens is 218 g/mol. The van der Waals surface area contributed by atoms with E-state index in [1.807, 2.05) is 0 Å². The molecule has 0 amide bonds. The minimum Gasteiger partial charge on any atom is -0.316 e. The second kappa shape index (κ2) is 5.98. The normalized spacial score (nSPS) is 23.6. The van der Waals surface area contributed by atoms with Crippen molar-refractivity contribution in [1.29, 1.82) is 0 Å². The van der Waals surface area contributed by atoms with E-state index >= 15 is 0 Å². The Balaban J connectivity index is 2.03. The van der Waals surface area contributed by atoms with Crippen LogP contribution in [-0.4, -0.2) is 45.0 Å². The van der Waals surface area contributed by atoms with E-state index in [-0.39, 0.29) is 0 Å². The summed E-state index contributed by atoms with van der Waals surface area (Å²) in [5, 5.41) is 3.36. The number of nitrogens with one attached hydrogen (secondary N) is 1. The molecule has 1 fully saturated rings. The van der Waals surface area contributed by atoms with Crippen molar-refractivity contribution in [1.82, 2.24) is 5.32 Å². The van der Waals surface area contributed by atoms with Crippen LogP contribution in [-0.2, 0) is 9.84 Å². The molecular formula is C9H19NO2S2. The van der Waals surface area contributed by atoms with Gasteiger partial charge in [0.2, 0.25) is 0 Å². The Bertz CT molecular complexity index is 246. The SMILES string of the molecule is CS(=O)(=O)CCSCC1CCCNC1. The molecule has 1 aliphatic heterocycles. The molecule has 1 saturated heterocycles. The van der Waals surface area contributed by atoms with Gasteiger partial charge in [-0.25, -0.2) is 8.42 Å². The monoisotopic (exact) mass is 237 g/mol. The van der Waals surface area contributed by atoms with Crippen LogP contribution in [0, 0.1) is 5.92 Å². The van der Waals surface area contributed by atoms with Crippen molar-refractivity contribution in [2.24, 2.45) is 5.92 Å². The molecule has 1 N–H and O–H groups in total. The Morgan fingerprint density at radius 2 is 2.29 bits per heavy atom. The van der Waals surface area contributed by atoms with Crippen LogP contribution >= 0.6 is 11.8 Å². The van der Waals surface area contributed by atoms with Gasteiger partial charge in [-0.1, -0.05) is 0 Å². The summed E-state index contributed by atoms with van der Waals surface area (Å²) in [5.74, 6) is 2.91. The molecule has 5 heteroatoms. The van der Waals surface area contributed by atoms with Crippen molar-refractivity contribution in [2.75, 3.05) is 36.6 Å². The van der Waals surface area contributed by atoms with Gasteiger partial charge in [0.1, 0.15) is 9.84 Å². The van der Waals surface area contributed by atoms with E-state index in [0.29, 0.717) is 5.75 Å². The van der Waals surface area contributed by atoms with E-state index in [0.717, 1.165) is 30.5 Å². The molecule has 0 saturated carbocycles. The van der Waals surface area contributed by atoms with Crippen molar-refractivity contribution < 1.29 is 8.42 Å². The molecule has 0 aromatic rings. The number of hydrogen-bond acceptors (Lipinski definition) is 4. The molecule has 0 aromatic heterocycles. The van der Waals surface area contributed by atoms with Crippen LogP contribution in [0.5, 0.6) is 0 Å². The van der Waals surface area contributed by atoms with Crippen molar-refractivity contribution in [3.63, 3.8) is 0 Å². The molecule has 84 valence electrons. The highest BCUT2D eigenvalue weighted by Crippen LogP contribution is 2.16. The Labute approximate surface area is 91.0 Å². The molecule has 3 nitrogen and oxygen atoms in total. The maximum absolute atomic E-state index is 10.9. The third kappa shape index (κ3) is 5.88. The molecule has 0 aliphatic carbocycles. The number of piperidine rings is 1. The molecule has 14 heavy (non-hydrogen) atoms. The van der Waals surface area contributed by atoms with Gasteiger partial charge >= 0.3 is 0 Å². The summed E-state index contributed by atoms with van der Waals surface area (Å²) in [4.78, 5) is 0. The fraction of sp³-hybridized carbons (Fsp3) is 1.00. The van der Waals surface area contributed by atoms with E-state index in [2.05, 4.69) is 5.32 Å². The summed E-state index contributed by atoms with van der Waals surface area (Å²) >= 11 is 1.77. The van der Waals surface area contributed by atoms with Crippen LogP contribution in [0.3, 0.4) is 0 Å². The predicted molar refractivity (Wildman–Crippen MR) is 62.6 cm³/mol. The highest BCUT2D eigenvalue weighted by Gasteiger charge is 2.12. The van der Waals surface area contributed by atoms with Gasteiger partial charge in [-0.15, -0.1) is 0 Å². The zero-order chi connectivity index (χ0) is 10.4. The van der Waals surface area contributed by atoms with Crippen molar-refractivity contribution in [3.8, 4) is 0 Å². The standard InChI is InChI=1S/C9H19NO2S2/c1-14(11,12)6-5-13-8-9-3-2-4-10-7-9/h9-10H,2-8H2,1H3. The quantitative estimate of drug-likeness (QED) is 0.717. The molecule has 0 aromatic carbocycles. The fourth-order valence-electron chi connectivity index (χ4n) is 1.53. The Morgan fingerprint density at radius 1 is 1.50 bits per heavy atom. The number of sulfone groups is 1. The van der Waals surface area contributed by atoms with Gasteiger partial charge in [0.05, 0.1) is 5.75 Å². The zero-order valence-corrected chi connectivity index (χ0v) is 10.3. The first-order valence-electron chi connectivity index (χ1n) is 5.04. The molecule has 1 unspecified atom stereocenters. The molecule has 1 rings (SSSR count). The first-order valence-corrected chi connectivity index (χ1v) is 8.25. The summed E-state index contributed by atoms with van der Waals surface area (Å²) in [6.07, 6.45) is 3.85. The highest BCUT2D eigenvalue weighted by molar-refractivity contribution is 8.00. The van der Waals surface area contributed by atoms with Crippen LogP contribution in [0.25, 0.3) is 0 Å². The summed E-state index contributed by atoms with van der Waals surface area (Å²) in [6, 6.07) is 0. The second-order valence-corrected chi connectivity index (χ2v) is 7.33. The van der Waals surface area contributed by atoms with Gasteiger partial charge in [-0.2, -0.15) is 11.8 Å². The van der Waals surface area contributed by atoms with Gasteiger partial charge in [0, 0.05) is 12.0 Å². The Hall–Kier alpha value is 0.260. The number of hydrogen-bond donors (Lipinski definition) is 1. The summed E-state index contributed by atoms with van der Waals surface area (Å²) in [7, 11) is -2.76. The van der Waals surface area contributed by atoms with Gasteiger partial charge < -0.3 is 5.32 Å². The van der Waals surface area contributed by atoms with E-state index in [9.17, 15) is 8.42 Å². The van der Waals surface area contributed by atoms with E-state index in [1.165, 1.54) is 19.1 Å². The molecule has 0 spiro atoms. The summed E-state index contributed by atoms with van der Waals surface area (Å²) in [5.41, 5.74) is 0. The fourth-order valence-corrected chi connectivity index (χ4v) is 3.99. The third-order valence-corrected chi connectivity index (χ3v) is 4.75. The van der Waals surface area contributed by atoms with Gasteiger partial charge in [0.15, 0.2) is 0 Å². The van der Waals surface area contributed by atoms with Crippen molar-refractivity contribution in [2.45, 2.75) is 12.8 Å². The van der Waals surface area contributed by atoms with Crippen LogP contribution in [0.2, 0.25) is 0 Å². The zero-order valence-electron chi connectivity index (χ0n) is 8.66. The van der Waals surface area contributed by atoms with Crippen LogP contribution < -0.4 is 5.32 Å². The van der Waals surface area contributed by atoms with E-state index in [1.54, 1.807) is 11.8 Å². The molecule has 1 heterocycles. The first kappa shape index (κ1) is 12.3. The average molecular weight is 237 g/mol. The van der Waals surface area contributed by atoms with E-state index < -0.39 is 9.84 Å². The van der Waals surface area contributed by atoms with Gasteiger partial charge in [0.25, 0.3) is 0 Å². The molecule has 0 radical (unpaired) electrons. The largest absolute Gasteiger partial charge is 0.316 e. The third-order valence-electron chi connectivity index (χ3n) is 2.35. The Kier molecular flexibility index (Phi) is 5.26. The van der Waals surface area contributed by atoms with Crippen LogP contribution in [0.15, 0.2) is 0 Å². The minimum absolute atomic E-state index is 0.317. The summed E-state index contributed by atoms with van der Waals surface area (Å²) < 4.78 is 21.7. The topological polar surface area (TPSA) is 46.2 Å². The van der Waals surface area contributed by atoms with Gasteiger partial charge in [-0.3, -0.25) is 0 Å². The minimum atomic E-state index is -2.76. The van der Waals surface area contributed by atoms with Crippen LogP contribution in [0.1, 0.15) is 12.8 Å². The number of thioether (sulfide) groups is 1. The lowest BCUT2D eigenvalue weighted by Crippen LogP contribution is -2.31. The number of rotatable bonds is 5. The Morgan fingerprint density at radius 3 is 2.86 bits per heavy atom. The van der Waals surface area contributed by atoms with Crippen LogP contribution in [0.4, 0.5) is 0 Å². The first-order chi connectivity index (χ1) is 6.58. The maximum atomic E-state index is 10.9. The van der Waals surface area contributed by atoms with Crippen molar-refractivity contribution in [3.05, 3.63) is 0 Å². The average Bonchev–Trinajstić information content (AvgIpc) is 2.13. The lowest BCUT2D eigenvalue weighted by Gasteiger charge is -2.22. The van der Waals surface area contributed by atoms with Crippen molar-refractivity contribution >= 4 is 21.6 Å². The lowest BCUT2D eigenvalue weighted by molar-refractivity contribution is 0.410.